The second-order valence-corrected chi connectivity index (χ2v) is 4.63. The van der Waals surface area contributed by atoms with Crippen molar-refractivity contribution >= 4 is 18.0 Å². The van der Waals surface area contributed by atoms with Gasteiger partial charge in [0.25, 0.3) is 5.91 Å². The van der Waals surface area contributed by atoms with E-state index in [1.54, 1.807) is 37.4 Å². The minimum Gasteiger partial charge on any atom is -0.458 e. The molecular weight excluding hydrogens is 278 g/mol. The van der Waals surface area contributed by atoms with Crippen LogP contribution in [0.3, 0.4) is 0 Å². The average molecular weight is 295 g/mol. The lowest BCUT2D eigenvalue weighted by molar-refractivity contribution is -0.138. The summed E-state index contributed by atoms with van der Waals surface area (Å²) >= 11 is 0. The molecule has 2 aromatic rings. The Labute approximate surface area is 129 Å². The van der Waals surface area contributed by atoms with E-state index < -0.39 is 5.97 Å². The largest absolute Gasteiger partial charge is 0.458 e. The van der Waals surface area contributed by atoms with Gasteiger partial charge in [0.05, 0.1) is 0 Å². The Bertz CT molecular complexity index is 660. The molecule has 2 rings (SSSR count). The van der Waals surface area contributed by atoms with E-state index in [0.717, 1.165) is 11.1 Å². The molecule has 0 aliphatic carbocycles. The normalized spacial score (nSPS) is 10.4. The van der Waals surface area contributed by atoms with Crippen LogP contribution >= 0.6 is 0 Å². The van der Waals surface area contributed by atoms with Crippen molar-refractivity contribution in [3.05, 3.63) is 77.4 Å². The molecule has 1 amide bonds. The van der Waals surface area contributed by atoms with Gasteiger partial charge in [-0.3, -0.25) is 4.79 Å². The third-order valence-electron chi connectivity index (χ3n) is 3.04. The molecule has 1 N–H and O–H groups in total. The predicted molar refractivity (Wildman–Crippen MR) is 85.1 cm³/mol. The summed E-state index contributed by atoms with van der Waals surface area (Å²) in [5.41, 5.74) is 2.34. The van der Waals surface area contributed by atoms with E-state index in [1.165, 1.54) is 6.08 Å². The molecule has 0 atom stereocenters. The number of carbonyl (C=O) groups excluding carboxylic acids is 2. The molecule has 0 aliphatic heterocycles. The molecule has 0 fully saturated rings. The zero-order valence-corrected chi connectivity index (χ0v) is 12.3. The number of hydrogen-bond acceptors (Lipinski definition) is 3. The summed E-state index contributed by atoms with van der Waals surface area (Å²) in [6, 6.07) is 16.4. The molecule has 0 bridgehead atoms. The van der Waals surface area contributed by atoms with Crippen LogP contribution in [0, 0.1) is 0 Å². The van der Waals surface area contributed by atoms with Crippen LogP contribution in [-0.4, -0.2) is 18.9 Å². The van der Waals surface area contributed by atoms with Crippen molar-refractivity contribution in [2.75, 3.05) is 7.05 Å². The monoisotopic (exact) mass is 295 g/mol. The highest BCUT2D eigenvalue weighted by atomic mass is 16.5. The van der Waals surface area contributed by atoms with Gasteiger partial charge in [0.2, 0.25) is 0 Å². The lowest BCUT2D eigenvalue weighted by Gasteiger charge is -2.02. The first-order valence-electron chi connectivity index (χ1n) is 6.90. The van der Waals surface area contributed by atoms with Crippen LogP contribution in [0.1, 0.15) is 21.5 Å². The summed E-state index contributed by atoms with van der Waals surface area (Å²) in [6.07, 6.45) is 3.03. The number of ether oxygens (including phenoxy) is 1. The fourth-order valence-corrected chi connectivity index (χ4v) is 1.83. The maximum atomic E-state index is 11.6. The Kier molecular flexibility index (Phi) is 5.49. The molecule has 0 aromatic heterocycles. The van der Waals surface area contributed by atoms with Gasteiger partial charge < -0.3 is 10.1 Å². The molecule has 0 unspecified atom stereocenters. The van der Waals surface area contributed by atoms with Crippen LogP contribution in [0.25, 0.3) is 6.08 Å². The highest BCUT2D eigenvalue weighted by molar-refractivity contribution is 5.94. The molecule has 0 spiro atoms. The number of benzene rings is 2. The van der Waals surface area contributed by atoms with Crippen molar-refractivity contribution in [3.63, 3.8) is 0 Å². The van der Waals surface area contributed by atoms with Gasteiger partial charge in [-0.25, -0.2) is 4.79 Å². The molecule has 112 valence electrons. The smallest absolute Gasteiger partial charge is 0.331 e. The highest BCUT2D eigenvalue weighted by Crippen LogP contribution is 2.07. The fourth-order valence-electron chi connectivity index (χ4n) is 1.83. The Balaban J connectivity index is 1.88. The molecule has 2 aromatic carbocycles. The van der Waals surface area contributed by atoms with Crippen LogP contribution in [0.2, 0.25) is 0 Å². The van der Waals surface area contributed by atoms with Crippen LogP contribution in [0.15, 0.2) is 60.7 Å². The van der Waals surface area contributed by atoms with E-state index in [-0.39, 0.29) is 12.5 Å². The van der Waals surface area contributed by atoms with Crippen molar-refractivity contribution < 1.29 is 14.3 Å². The quantitative estimate of drug-likeness (QED) is 0.681. The predicted octanol–water partition coefficient (Wildman–Crippen LogP) is 2.80. The standard InChI is InChI=1S/C18H17NO3/c1-19-18(21)16-10-7-14(8-11-16)9-12-17(20)22-13-15-5-3-2-4-6-15/h2-12H,13H2,1H3,(H,19,21)/b12-9+. The third kappa shape index (κ3) is 4.59. The fraction of sp³-hybridized carbons (Fsp3) is 0.111. The average Bonchev–Trinajstić information content (AvgIpc) is 2.58. The first-order chi connectivity index (χ1) is 10.7. The Hall–Kier alpha value is -2.88. The Morgan fingerprint density at radius 1 is 1.05 bits per heavy atom. The second-order valence-electron chi connectivity index (χ2n) is 4.63. The topological polar surface area (TPSA) is 55.4 Å². The van der Waals surface area contributed by atoms with Crippen molar-refractivity contribution in [1.29, 1.82) is 0 Å². The van der Waals surface area contributed by atoms with Crippen molar-refractivity contribution in [2.24, 2.45) is 0 Å². The zero-order valence-electron chi connectivity index (χ0n) is 12.3. The van der Waals surface area contributed by atoms with E-state index >= 15 is 0 Å². The number of amides is 1. The minimum atomic E-state index is -0.403. The van der Waals surface area contributed by atoms with Gasteiger partial charge in [-0.15, -0.1) is 0 Å². The van der Waals surface area contributed by atoms with Crippen LogP contribution in [0.4, 0.5) is 0 Å². The summed E-state index contributed by atoms with van der Waals surface area (Å²) < 4.78 is 5.14. The van der Waals surface area contributed by atoms with Gasteiger partial charge in [0.15, 0.2) is 0 Å². The molecular formula is C18H17NO3. The number of nitrogens with one attached hydrogen (secondary N) is 1. The molecule has 0 radical (unpaired) electrons. The summed E-state index contributed by atoms with van der Waals surface area (Å²) in [5.74, 6) is -0.544. The van der Waals surface area contributed by atoms with Gasteiger partial charge >= 0.3 is 5.97 Å². The lowest BCUT2D eigenvalue weighted by atomic mass is 10.1. The number of rotatable bonds is 5. The Morgan fingerprint density at radius 2 is 1.73 bits per heavy atom. The molecule has 0 saturated carbocycles. The van der Waals surface area contributed by atoms with Crippen molar-refractivity contribution in [1.82, 2.24) is 5.32 Å². The van der Waals surface area contributed by atoms with Gasteiger partial charge in [-0.1, -0.05) is 42.5 Å². The number of hydrogen-bond donors (Lipinski definition) is 1. The summed E-state index contributed by atoms with van der Waals surface area (Å²) in [6.45, 7) is 0.250. The number of esters is 1. The molecule has 4 heteroatoms. The summed E-state index contributed by atoms with van der Waals surface area (Å²) in [7, 11) is 1.58. The van der Waals surface area contributed by atoms with Crippen LogP contribution in [-0.2, 0) is 16.1 Å². The van der Waals surface area contributed by atoms with E-state index in [9.17, 15) is 9.59 Å². The van der Waals surface area contributed by atoms with Crippen LogP contribution < -0.4 is 5.32 Å². The van der Waals surface area contributed by atoms with Crippen molar-refractivity contribution in [3.8, 4) is 0 Å². The maximum absolute atomic E-state index is 11.6. The van der Waals surface area contributed by atoms with Gasteiger partial charge in [-0.2, -0.15) is 0 Å². The van der Waals surface area contributed by atoms with Gasteiger partial charge in [-0.05, 0) is 29.3 Å². The first kappa shape index (κ1) is 15.5. The summed E-state index contributed by atoms with van der Waals surface area (Å²) in [4.78, 5) is 23.0. The van der Waals surface area contributed by atoms with Crippen LogP contribution in [0.5, 0.6) is 0 Å². The second kappa shape index (κ2) is 7.78. The molecule has 22 heavy (non-hydrogen) atoms. The third-order valence-corrected chi connectivity index (χ3v) is 3.04. The zero-order chi connectivity index (χ0) is 15.8. The summed E-state index contributed by atoms with van der Waals surface area (Å²) in [5, 5.41) is 2.55. The maximum Gasteiger partial charge on any atom is 0.331 e. The SMILES string of the molecule is CNC(=O)c1ccc(/C=C/C(=O)OCc2ccccc2)cc1. The van der Waals surface area contributed by atoms with Crippen molar-refractivity contribution in [2.45, 2.75) is 6.61 Å². The minimum absolute atomic E-state index is 0.141. The van der Waals surface area contributed by atoms with Gasteiger partial charge in [0.1, 0.15) is 6.61 Å². The first-order valence-corrected chi connectivity index (χ1v) is 6.90. The Morgan fingerprint density at radius 3 is 2.36 bits per heavy atom. The number of carbonyl (C=O) groups is 2. The lowest BCUT2D eigenvalue weighted by Crippen LogP contribution is -2.17. The van der Waals surface area contributed by atoms with E-state index in [2.05, 4.69) is 5.32 Å². The van der Waals surface area contributed by atoms with E-state index in [4.69, 9.17) is 4.74 Å². The highest BCUT2D eigenvalue weighted by Gasteiger charge is 2.02. The van der Waals surface area contributed by atoms with E-state index in [0.29, 0.717) is 5.56 Å². The molecule has 0 aliphatic rings. The molecule has 0 heterocycles. The van der Waals surface area contributed by atoms with Gasteiger partial charge in [0, 0.05) is 18.7 Å². The van der Waals surface area contributed by atoms with E-state index in [1.807, 2.05) is 30.3 Å². The molecule has 4 nitrogen and oxygen atoms in total. The molecule has 0 saturated heterocycles.